The van der Waals surface area contributed by atoms with Gasteiger partial charge in [-0.2, -0.15) is 0 Å². The summed E-state index contributed by atoms with van der Waals surface area (Å²) in [6, 6.07) is 3.21. The Morgan fingerprint density at radius 1 is 1.53 bits per heavy atom. The van der Waals surface area contributed by atoms with Crippen molar-refractivity contribution in [3.8, 4) is 0 Å². The van der Waals surface area contributed by atoms with E-state index in [1.165, 1.54) is 6.07 Å². The molecule has 0 heterocycles. The Bertz CT molecular complexity index is 377. The summed E-state index contributed by atoms with van der Waals surface area (Å²) in [6.45, 7) is 3.57. The average molecular weight is 275 g/mol. The van der Waals surface area contributed by atoms with Crippen molar-refractivity contribution in [2.45, 2.75) is 19.2 Å². The van der Waals surface area contributed by atoms with Crippen LogP contribution >= 0.6 is 15.9 Å². The second-order valence-electron chi connectivity index (χ2n) is 3.13. The summed E-state index contributed by atoms with van der Waals surface area (Å²) in [6.07, 6.45) is 0. The van der Waals surface area contributed by atoms with E-state index in [9.17, 15) is 9.18 Å². The van der Waals surface area contributed by atoms with E-state index in [0.29, 0.717) is 10.9 Å². The molecule has 1 aromatic carbocycles. The van der Waals surface area contributed by atoms with E-state index in [-0.39, 0.29) is 12.2 Å². The van der Waals surface area contributed by atoms with Gasteiger partial charge in [-0.05, 0) is 31.0 Å². The summed E-state index contributed by atoms with van der Waals surface area (Å²) in [5.41, 5.74) is 1.32. The fourth-order valence-electron chi connectivity index (χ4n) is 1.28. The van der Waals surface area contributed by atoms with Crippen molar-refractivity contribution in [1.29, 1.82) is 0 Å². The molecule has 0 amide bonds. The maximum Gasteiger partial charge on any atom is 0.341 e. The van der Waals surface area contributed by atoms with Crippen molar-refractivity contribution in [2.24, 2.45) is 0 Å². The molecule has 0 fully saturated rings. The third-order valence-electron chi connectivity index (χ3n) is 1.96. The standard InChI is InChI=1S/C11H12BrFO2/c1-3-15-11(14)9-5-8(6-12)4-7(2)10(9)13/h4-5H,3,6H2,1-2H3. The van der Waals surface area contributed by atoms with Crippen LogP contribution in [0.1, 0.15) is 28.4 Å². The maximum atomic E-state index is 13.6. The van der Waals surface area contributed by atoms with E-state index < -0.39 is 11.8 Å². The van der Waals surface area contributed by atoms with Crippen LogP contribution in [-0.4, -0.2) is 12.6 Å². The molecule has 0 saturated heterocycles. The van der Waals surface area contributed by atoms with Crippen LogP contribution < -0.4 is 0 Å². The summed E-state index contributed by atoms with van der Waals surface area (Å²) >= 11 is 3.26. The highest BCUT2D eigenvalue weighted by Gasteiger charge is 2.15. The molecule has 0 N–H and O–H groups in total. The Morgan fingerprint density at radius 3 is 2.73 bits per heavy atom. The van der Waals surface area contributed by atoms with Crippen molar-refractivity contribution in [3.63, 3.8) is 0 Å². The largest absolute Gasteiger partial charge is 0.462 e. The molecular weight excluding hydrogens is 263 g/mol. The highest BCUT2D eigenvalue weighted by atomic mass is 79.9. The number of hydrogen-bond acceptors (Lipinski definition) is 2. The van der Waals surface area contributed by atoms with Crippen LogP contribution in [0.3, 0.4) is 0 Å². The van der Waals surface area contributed by atoms with Crippen LogP contribution in [0.5, 0.6) is 0 Å². The zero-order chi connectivity index (χ0) is 11.4. The first kappa shape index (κ1) is 12.2. The van der Waals surface area contributed by atoms with Crippen LogP contribution in [0, 0.1) is 12.7 Å². The molecule has 0 aliphatic carbocycles. The van der Waals surface area contributed by atoms with Gasteiger partial charge in [0.25, 0.3) is 0 Å². The molecule has 1 aromatic rings. The van der Waals surface area contributed by atoms with Gasteiger partial charge in [0.2, 0.25) is 0 Å². The third-order valence-corrected chi connectivity index (χ3v) is 2.61. The first-order valence-corrected chi connectivity index (χ1v) is 5.74. The molecule has 0 atom stereocenters. The lowest BCUT2D eigenvalue weighted by molar-refractivity contribution is 0.0520. The molecule has 0 aliphatic heterocycles. The number of benzene rings is 1. The molecule has 0 aliphatic rings. The number of ether oxygens (including phenoxy) is 1. The van der Waals surface area contributed by atoms with Crippen molar-refractivity contribution in [3.05, 3.63) is 34.6 Å². The summed E-state index contributed by atoms with van der Waals surface area (Å²) in [7, 11) is 0. The number of rotatable bonds is 3. The summed E-state index contributed by atoms with van der Waals surface area (Å²) in [5, 5.41) is 0.584. The van der Waals surface area contributed by atoms with E-state index in [4.69, 9.17) is 4.74 Å². The molecule has 1 rings (SSSR count). The predicted octanol–water partition coefficient (Wildman–Crippen LogP) is 3.21. The zero-order valence-corrected chi connectivity index (χ0v) is 10.2. The highest BCUT2D eigenvalue weighted by Crippen LogP contribution is 2.18. The number of aryl methyl sites for hydroxylation is 1. The SMILES string of the molecule is CCOC(=O)c1cc(CBr)cc(C)c1F. The van der Waals surface area contributed by atoms with Crippen molar-refractivity contribution in [1.82, 2.24) is 0 Å². The molecule has 0 spiro atoms. The minimum absolute atomic E-state index is 0.00583. The van der Waals surface area contributed by atoms with Crippen LogP contribution in [0.15, 0.2) is 12.1 Å². The van der Waals surface area contributed by atoms with Gasteiger partial charge in [0.05, 0.1) is 12.2 Å². The Hall–Kier alpha value is -0.900. The van der Waals surface area contributed by atoms with Gasteiger partial charge < -0.3 is 4.74 Å². The lowest BCUT2D eigenvalue weighted by atomic mass is 10.1. The van der Waals surface area contributed by atoms with Gasteiger partial charge in [-0.25, -0.2) is 9.18 Å². The first-order valence-electron chi connectivity index (χ1n) is 4.62. The zero-order valence-electron chi connectivity index (χ0n) is 8.64. The third kappa shape index (κ3) is 2.78. The Kier molecular flexibility index (Phi) is 4.27. The van der Waals surface area contributed by atoms with Gasteiger partial charge in [0.1, 0.15) is 5.82 Å². The molecule has 0 aromatic heterocycles. The normalized spacial score (nSPS) is 10.1. The molecule has 4 heteroatoms. The van der Waals surface area contributed by atoms with Crippen LogP contribution in [0.25, 0.3) is 0 Å². The van der Waals surface area contributed by atoms with Crippen molar-refractivity contribution >= 4 is 21.9 Å². The average Bonchev–Trinajstić information content (AvgIpc) is 2.22. The number of alkyl halides is 1. The second-order valence-corrected chi connectivity index (χ2v) is 3.69. The van der Waals surface area contributed by atoms with E-state index in [2.05, 4.69) is 15.9 Å². The number of esters is 1. The molecule has 0 unspecified atom stereocenters. The van der Waals surface area contributed by atoms with Gasteiger partial charge in [-0.15, -0.1) is 0 Å². The minimum Gasteiger partial charge on any atom is -0.462 e. The summed E-state index contributed by atoms with van der Waals surface area (Å²) < 4.78 is 18.3. The van der Waals surface area contributed by atoms with Crippen LogP contribution in [0.4, 0.5) is 4.39 Å². The number of halogens is 2. The number of hydrogen-bond donors (Lipinski definition) is 0. The van der Waals surface area contributed by atoms with Crippen molar-refractivity contribution in [2.75, 3.05) is 6.61 Å². The van der Waals surface area contributed by atoms with E-state index in [1.807, 2.05) is 0 Å². The predicted molar refractivity (Wildman–Crippen MR) is 59.7 cm³/mol. The van der Waals surface area contributed by atoms with Gasteiger partial charge in [0.15, 0.2) is 0 Å². The monoisotopic (exact) mass is 274 g/mol. The Balaban J connectivity index is 3.15. The number of carbonyl (C=O) groups excluding carboxylic acids is 1. The Labute approximate surface area is 96.6 Å². The van der Waals surface area contributed by atoms with Gasteiger partial charge in [-0.1, -0.05) is 22.0 Å². The molecule has 82 valence electrons. The van der Waals surface area contributed by atoms with Crippen molar-refractivity contribution < 1.29 is 13.9 Å². The van der Waals surface area contributed by atoms with E-state index >= 15 is 0 Å². The van der Waals surface area contributed by atoms with Crippen LogP contribution in [-0.2, 0) is 10.1 Å². The summed E-state index contributed by atoms with van der Waals surface area (Å²) in [4.78, 5) is 11.4. The fraction of sp³-hybridized carbons (Fsp3) is 0.364. The first-order chi connectivity index (χ1) is 7.10. The van der Waals surface area contributed by atoms with E-state index in [0.717, 1.165) is 5.56 Å². The van der Waals surface area contributed by atoms with Gasteiger partial charge >= 0.3 is 5.97 Å². The minimum atomic E-state index is -0.610. The molecule has 0 radical (unpaired) electrons. The second kappa shape index (κ2) is 5.26. The molecular formula is C11H12BrFO2. The quantitative estimate of drug-likeness (QED) is 0.625. The molecule has 0 saturated carbocycles. The highest BCUT2D eigenvalue weighted by molar-refractivity contribution is 9.08. The smallest absolute Gasteiger partial charge is 0.341 e. The molecule has 2 nitrogen and oxygen atoms in total. The Morgan fingerprint density at radius 2 is 2.20 bits per heavy atom. The lowest BCUT2D eigenvalue weighted by Crippen LogP contribution is -2.09. The molecule has 15 heavy (non-hydrogen) atoms. The fourth-order valence-corrected chi connectivity index (χ4v) is 1.60. The summed E-state index contributed by atoms with van der Waals surface area (Å²) in [5.74, 6) is -1.11. The van der Waals surface area contributed by atoms with Crippen LogP contribution in [0.2, 0.25) is 0 Å². The lowest BCUT2D eigenvalue weighted by Gasteiger charge is -2.07. The molecule has 0 bridgehead atoms. The van der Waals surface area contributed by atoms with Gasteiger partial charge in [-0.3, -0.25) is 0 Å². The maximum absolute atomic E-state index is 13.6. The van der Waals surface area contributed by atoms with E-state index in [1.54, 1.807) is 19.9 Å². The van der Waals surface area contributed by atoms with Gasteiger partial charge in [0, 0.05) is 5.33 Å². The topological polar surface area (TPSA) is 26.3 Å². The number of carbonyl (C=O) groups is 1.